The van der Waals surface area contributed by atoms with E-state index >= 15 is 0 Å². The molecule has 1 fully saturated rings. The highest BCUT2D eigenvalue weighted by Gasteiger charge is 2.49. The molecule has 114 valence electrons. The molecule has 2 heterocycles. The average molecular weight is 311 g/mol. The summed E-state index contributed by atoms with van der Waals surface area (Å²) in [4.78, 5) is 8.54. The lowest BCUT2D eigenvalue weighted by molar-refractivity contribution is -0.143. The van der Waals surface area contributed by atoms with Gasteiger partial charge in [-0.2, -0.15) is 4.68 Å². The summed E-state index contributed by atoms with van der Waals surface area (Å²) in [6, 6.07) is 0. The van der Waals surface area contributed by atoms with Gasteiger partial charge in [0, 0.05) is 12.2 Å². The van der Waals surface area contributed by atoms with Gasteiger partial charge >= 0.3 is 0 Å². The molecule has 0 saturated heterocycles. The molecule has 1 aliphatic carbocycles. The summed E-state index contributed by atoms with van der Waals surface area (Å²) in [7, 11) is 0. The van der Waals surface area contributed by atoms with Crippen molar-refractivity contribution in [1.29, 1.82) is 0 Å². The molecular weight excluding hydrogens is 294 g/mol. The van der Waals surface area contributed by atoms with Gasteiger partial charge in [0.1, 0.15) is 6.10 Å². The zero-order chi connectivity index (χ0) is 15.0. The number of aliphatic hydroxyl groups is 3. The summed E-state index contributed by atoms with van der Waals surface area (Å²) in [6.07, 6.45) is 0.731. The second-order valence-electron chi connectivity index (χ2n) is 5.14. The first-order chi connectivity index (χ1) is 10.1. The second kappa shape index (κ2) is 5.48. The van der Waals surface area contributed by atoms with E-state index in [0.29, 0.717) is 22.7 Å². The molecule has 0 aromatic carbocycles. The topological polar surface area (TPSA) is 117 Å². The quantitative estimate of drug-likeness (QED) is 0.528. The fourth-order valence-corrected chi connectivity index (χ4v) is 3.11. The third-order valence-corrected chi connectivity index (χ3v) is 4.69. The smallest absolute Gasteiger partial charge is 0.190 e. The first-order valence-electron chi connectivity index (χ1n) is 6.86. The third-order valence-electron chi connectivity index (χ3n) is 3.62. The van der Waals surface area contributed by atoms with Crippen LogP contribution in [-0.4, -0.2) is 58.2 Å². The molecule has 3 N–H and O–H groups in total. The molecule has 0 bridgehead atoms. The van der Waals surface area contributed by atoms with Crippen LogP contribution in [0.5, 0.6) is 0 Å². The molecule has 9 heteroatoms. The number of thioether (sulfide) groups is 1. The Morgan fingerprint density at radius 3 is 2.95 bits per heavy atom. The number of aliphatic hydroxyl groups excluding tert-OH is 2. The Hall–Kier alpha value is -1.29. The Morgan fingerprint density at radius 2 is 2.29 bits per heavy atom. The van der Waals surface area contributed by atoms with Gasteiger partial charge in [0.25, 0.3) is 0 Å². The monoisotopic (exact) mass is 311 g/mol. The highest BCUT2D eigenvalue weighted by molar-refractivity contribution is 7.99. The fraction of sp³-hybridized carbons (Fsp3) is 0.667. The summed E-state index contributed by atoms with van der Waals surface area (Å²) in [5.41, 5.74) is -0.882. The van der Waals surface area contributed by atoms with Crippen LogP contribution in [0.25, 0.3) is 11.2 Å². The van der Waals surface area contributed by atoms with E-state index in [1.807, 2.05) is 0 Å². The van der Waals surface area contributed by atoms with E-state index in [2.05, 4.69) is 27.2 Å². The Bertz CT molecular complexity index is 651. The fourth-order valence-electron chi connectivity index (χ4n) is 2.44. The van der Waals surface area contributed by atoms with Crippen molar-refractivity contribution in [1.82, 2.24) is 25.0 Å². The van der Waals surface area contributed by atoms with Gasteiger partial charge in [-0.15, -0.1) is 5.10 Å². The predicted octanol–water partition coefficient (Wildman–Crippen LogP) is -0.116. The van der Waals surface area contributed by atoms with Crippen LogP contribution in [0.2, 0.25) is 0 Å². The number of hydrogen-bond donors (Lipinski definition) is 3. The number of rotatable bonds is 4. The molecule has 3 rings (SSSR count). The highest BCUT2D eigenvalue weighted by atomic mass is 32.2. The van der Waals surface area contributed by atoms with Crippen molar-refractivity contribution in [2.24, 2.45) is 0 Å². The highest BCUT2D eigenvalue weighted by Crippen LogP contribution is 2.35. The molecule has 1 aliphatic rings. The first-order valence-corrected chi connectivity index (χ1v) is 7.85. The summed E-state index contributed by atoms with van der Waals surface area (Å²) < 4.78 is 1.20. The Morgan fingerprint density at radius 1 is 1.48 bits per heavy atom. The molecule has 0 spiro atoms. The molecule has 0 amide bonds. The Balaban J connectivity index is 2.02. The standard InChI is InChI=1S/C12H17N5O3S/c1-2-5-21-11-13-6-7-10(14-11)17(16-15-7)12(20)4-3-8(18)9(12)19/h6,8-9,18-20H,2-5H2,1H3. The summed E-state index contributed by atoms with van der Waals surface area (Å²) in [5, 5.41) is 38.7. The van der Waals surface area contributed by atoms with Crippen molar-refractivity contribution in [3.63, 3.8) is 0 Å². The van der Waals surface area contributed by atoms with Crippen molar-refractivity contribution in [2.75, 3.05) is 5.75 Å². The van der Waals surface area contributed by atoms with E-state index in [0.717, 1.165) is 12.2 Å². The van der Waals surface area contributed by atoms with Gasteiger partial charge in [0.15, 0.2) is 22.0 Å². The van der Waals surface area contributed by atoms with Crippen LogP contribution in [0.4, 0.5) is 0 Å². The minimum atomic E-state index is -1.69. The SMILES string of the molecule is CCCSc1ncc2nnn(C3(O)CCC(O)C3O)c2n1. The van der Waals surface area contributed by atoms with Crippen molar-refractivity contribution < 1.29 is 15.3 Å². The zero-order valence-electron chi connectivity index (χ0n) is 11.5. The summed E-state index contributed by atoms with van der Waals surface area (Å²) in [5.74, 6) is 0.888. The van der Waals surface area contributed by atoms with E-state index in [1.165, 1.54) is 16.4 Å². The summed E-state index contributed by atoms with van der Waals surface area (Å²) >= 11 is 1.51. The van der Waals surface area contributed by atoms with Gasteiger partial charge in [-0.1, -0.05) is 23.9 Å². The van der Waals surface area contributed by atoms with Crippen LogP contribution in [0.15, 0.2) is 11.4 Å². The average Bonchev–Trinajstić information content (AvgIpc) is 3.02. The molecule has 21 heavy (non-hydrogen) atoms. The molecule has 8 nitrogen and oxygen atoms in total. The predicted molar refractivity (Wildman–Crippen MR) is 75.6 cm³/mol. The second-order valence-corrected chi connectivity index (χ2v) is 6.20. The van der Waals surface area contributed by atoms with Crippen molar-refractivity contribution in [2.45, 2.75) is 49.3 Å². The van der Waals surface area contributed by atoms with E-state index in [1.54, 1.807) is 6.20 Å². The number of aromatic nitrogens is 5. The molecule has 2 aromatic rings. The van der Waals surface area contributed by atoms with Gasteiger partial charge in [-0.3, -0.25) is 0 Å². The largest absolute Gasteiger partial charge is 0.390 e. The van der Waals surface area contributed by atoms with Crippen LogP contribution >= 0.6 is 11.8 Å². The van der Waals surface area contributed by atoms with Gasteiger partial charge in [-0.05, 0) is 12.8 Å². The Labute approximate surface area is 125 Å². The van der Waals surface area contributed by atoms with Crippen LogP contribution < -0.4 is 0 Å². The van der Waals surface area contributed by atoms with Gasteiger partial charge in [-0.25, -0.2) is 9.97 Å². The number of hydrogen-bond acceptors (Lipinski definition) is 8. The van der Waals surface area contributed by atoms with Crippen LogP contribution in [0.1, 0.15) is 26.2 Å². The van der Waals surface area contributed by atoms with Crippen molar-refractivity contribution >= 4 is 22.9 Å². The van der Waals surface area contributed by atoms with Gasteiger partial charge < -0.3 is 15.3 Å². The number of fused-ring (bicyclic) bond motifs is 1. The molecule has 1 saturated carbocycles. The minimum absolute atomic E-state index is 0.190. The van der Waals surface area contributed by atoms with Crippen LogP contribution in [0, 0.1) is 0 Å². The lowest BCUT2D eigenvalue weighted by Gasteiger charge is -2.27. The maximum absolute atomic E-state index is 10.6. The molecule has 0 radical (unpaired) electrons. The van der Waals surface area contributed by atoms with Crippen LogP contribution in [0.3, 0.4) is 0 Å². The van der Waals surface area contributed by atoms with Gasteiger partial charge in [0.2, 0.25) is 0 Å². The minimum Gasteiger partial charge on any atom is -0.390 e. The maximum atomic E-state index is 10.6. The van der Waals surface area contributed by atoms with E-state index in [-0.39, 0.29) is 6.42 Å². The third kappa shape index (κ3) is 2.39. The van der Waals surface area contributed by atoms with Gasteiger partial charge in [0.05, 0.1) is 12.3 Å². The van der Waals surface area contributed by atoms with Crippen molar-refractivity contribution in [3.05, 3.63) is 6.20 Å². The number of nitrogens with zero attached hydrogens (tertiary/aromatic N) is 5. The normalized spacial score (nSPS) is 29.3. The van der Waals surface area contributed by atoms with Crippen molar-refractivity contribution in [3.8, 4) is 0 Å². The molecule has 0 aliphatic heterocycles. The van der Waals surface area contributed by atoms with E-state index in [9.17, 15) is 15.3 Å². The maximum Gasteiger partial charge on any atom is 0.190 e. The first kappa shape index (κ1) is 14.6. The molecule has 3 atom stereocenters. The Kier molecular flexibility index (Phi) is 3.82. The lowest BCUT2D eigenvalue weighted by Crippen LogP contribution is -2.45. The lowest BCUT2D eigenvalue weighted by atomic mass is 10.1. The van der Waals surface area contributed by atoms with E-state index in [4.69, 9.17) is 0 Å². The summed E-state index contributed by atoms with van der Waals surface area (Å²) in [6.45, 7) is 2.07. The van der Waals surface area contributed by atoms with Crippen LogP contribution in [-0.2, 0) is 5.72 Å². The molecule has 3 unspecified atom stereocenters. The molecular formula is C12H17N5O3S. The zero-order valence-corrected chi connectivity index (χ0v) is 12.4. The van der Waals surface area contributed by atoms with E-state index < -0.39 is 17.9 Å². The molecule has 2 aromatic heterocycles.